The fourth-order valence-electron chi connectivity index (χ4n) is 1.93. The molecule has 0 spiro atoms. The van der Waals surface area contributed by atoms with E-state index in [1.807, 2.05) is 0 Å². The van der Waals surface area contributed by atoms with E-state index in [-0.39, 0.29) is 12.2 Å². The molecule has 0 unspecified atom stereocenters. The fourth-order valence-corrected chi connectivity index (χ4v) is 2.48. The largest absolute Gasteiger partial charge is 0.480 e. The number of rotatable bonds is 6. The maximum absolute atomic E-state index is 12.9. The van der Waals surface area contributed by atoms with E-state index in [1.54, 1.807) is 0 Å². The number of hydrogen-bond acceptors (Lipinski definition) is 5. The van der Waals surface area contributed by atoms with E-state index in [1.165, 1.54) is 24.3 Å². The van der Waals surface area contributed by atoms with E-state index in [4.69, 9.17) is 4.42 Å². The summed E-state index contributed by atoms with van der Waals surface area (Å²) in [7, 11) is -3.61. The third-order valence-electron chi connectivity index (χ3n) is 3.13. The minimum Gasteiger partial charge on any atom is -0.480 e. The Kier molecular flexibility index (Phi) is 5.03. The molecule has 2 rings (SSSR count). The van der Waals surface area contributed by atoms with Gasteiger partial charge in [-0.15, -0.1) is 0 Å². The Morgan fingerprint density at radius 1 is 1.21 bits per heavy atom. The van der Waals surface area contributed by atoms with Crippen LogP contribution < -0.4 is 5.32 Å². The molecule has 2 aromatic rings. The average molecular weight is 355 g/mol. The summed E-state index contributed by atoms with van der Waals surface area (Å²) in [6.07, 6.45) is 0.850. The van der Waals surface area contributed by atoms with Gasteiger partial charge >= 0.3 is 5.97 Å². The quantitative estimate of drug-likeness (QED) is 0.806. The lowest BCUT2D eigenvalue weighted by Crippen LogP contribution is -2.42. The van der Waals surface area contributed by atoms with Crippen LogP contribution in [0.25, 0.3) is 0 Å². The Morgan fingerprint density at radius 3 is 2.33 bits per heavy atom. The fraction of sp³-hybridized carbons (Fsp3) is 0.200. The van der Waals surface area contributed by atoms with Gasteiger partial charge in [0, 0.05) is 12.7 Å². The zero-order valence-electron chi connectivity index (χ0n) is 12.5. The number of carboxylic acid groups (broad SMARTS) is 1. The molecule has 1 aromatic heterocycles. The molecule has 0 saturated heterocycles. The SMILES string of the molecule is CS(=O)(=O)c1ccc(C(=O)N[C@H](Cc2ccc(F)cc2)C(=O)O)o1. The summed E-state index contributed by atoms with van der Waals surface area (Å²) < 4.78 is 40.4. The highest BCUT2D eigenvalue weighted by atomic mass is 32.2. The second-order valence-corrected chi connectivity index (χ2v) is 7.03. The Labute approximate surface area is 137 Å². The van der Waals surface area contributed by atoms with Crippen LogP contribution in [0.1, 0.15) is 16.1 Å². The first-order valence-corrected chi connectivity index (χ1v) is 8.64. The maximum Gasteiger partial charge on any atom is 0.326 e. The van der Waals surface area contributed by atoms with Gasteiger partial charge in [0.05, 0.1) is 0 Å². The predicted octanol–water partition coefficient (Wildman–Crippen LogP) is 1.25. The molecule has 128 valence electrons. The lowest BCUT2D eigenvalue weighted by molar-refractivity contribution is -0.139. The summed E-state index contributed by atoms with van der Waals surface area (Å²) in [6, 6.07) is 6.15. The van der Waals surface area contributed by atoms with Crippen LogP contribution in [0.15, 0.2) is 45.9 Å². The highest BCUT2D eigenvalue weighted by molar-refractivity contribution is 7.90. The first-order valence-electron chi connectivity index (χ1n) is 6.75. The number of sulfone groups is 1. The number of carbonyl (C=O) groups is 2. The molecule has 0 aliphatic rings. The molecule has 7 nitrogen and oxygen atoms in total. The molecule has 1 aromatic carbocycles. The topological polar surface area (TPSA) is 114 Å². The lowest BCUT2D eigenvalue weighted by atomic mass is 10.1. The number of nitrogens with one attached hydrogen (secondary N) is 1. The van der Waals surface area contributed by atoms with Crippen LogP contribution in [-0.2, 0) is 21.1 Å². The van der Waals surface area contributed by atoms with E-state index in [9.17, 15) is 27.5 Å². The van der Waals surface area contributed by atoms with Gasteiger partial charge in [-0.2, -0.15) is 0 Å². The van der Waals surface area contributed by atoms with Crippen LogP contribution in [-0.4, -0.2) is 37.7 Å². The smallest absolute Gasteiger partial charge is 0.326 e. The highest BCUT2D eigenvalue weighted by Crippen LogP contribution is 2.14. The van der Waals surface area contributed by atoms with Gasteiger partial charge in [0.2, 0.25) is 14.9 Å². The van der Waals surface area contributed by atoms with Crippen molar-refractivity contribution in [3.8, 4) is 0 Å². The van der Waals surface area contributed by atoms with Gasteiger partial charge in [-0.3, -0.25) is 4.79 Å². The maximum atomic E-state index is 12.9. The molecule has 2 N–H and O–H groups in total. The van der Waals surface area contributed by atoms with Crippen molar-refractivity contribution in [1.29, 1.82) is 0 Å². The first-order chi connectivity index (χ1) is 11.2. The van der Waals surface area contributed by atoms with Crippen molar-refractivity contribution in [3.63, 3.8) is 0 Å². The Hall–Kier alpha value is -2.68. The zero-order valence-corrected chi connectivity index (χ0v) is 13.3. The number of carboxylic acids is 1. The van der Waals surface area contributed by atoms with Crippen LogP contribution in [0, 0.1) is 5.82 Å². The molecule has 1 amide bonds. The van der Waals surface area contributed by atoms with Gasteiger partial charge in [-0.1, -0.05) is 12.1 Å². The van der Waals surface area contributed by atoms with E-state index >= 15 is 0 Å². The van der Waals surface area contributed by atoms with Crippen molar-refractivity contribution in [3.05, 3.63) is 53.5 Å². The van der Waals surface area contributed by atoms with Crippen molar-refractivity contribution < 1.29 is 31.9 Å². The zero-order chi connectivity index (χ0) is 17.9. The van der Waals surface area contributed by atoms with E-state index < -0.39 is 38.7 Å². The lowest BCUT2D eigenvalue weighted by Gasteiger charge is -2.13. The number of aliphatic carboxylic acids is 1. The van der Waals surface area contributed by atoms with Crippen molar-refractivity contribution in [2.75, 3.05) is 6.26 Å². The van der Waals surface area contributed by atoms with Gasteiger partial charge in [0.25, 0.3) is 5.91 Å². The van der Waals surface area contributed by atoms with Gasteiger partial charge in [0.1, 0.15) is 11.9 Å². The second-order valence-electron chi connectivity index (χ2n) is 5.09. The van der Waals surface area contributed by atoms with Gasteiger partial charge in [-0.25, -0.2) is 17.6 Å². The number of benzene rings is 1. The molecule has 0 saturated carbocycles. The Balaban J connectivity index is 2.12. The normalized spacial score (nSPS) is 12.6. The van der Waals surface area contributed by atoms with E-state index in [2.05, 4.69) is 5.32 Å². The molecule has 0 fully saturated rings. The average Bonchev–Trinajstić information content (AvgIpc) is 2.98. The number of hydrogen-bond donors (Lipinski definition) is 2. The Bertz CT molecular complexity index is 856. The molecule has 0 aliphatic heterocycles. The Morgan fingerprint density at radius 2 is 1.83 bits per heavy atom. The summed E-state index contributed by atoms with van der Waals surface area (Å²) in [5, 5.41) is 11.1. The predicted molar refractivity (Wildman–Crippen MR) is 80.8 cm³/mol. The number of halogens is 1. The monoisotopic (exact) mass is 355 g/mol. The third-order valence-corrected chi connectivity index (χ3v) is 4.08. The summed E-state index contributed by atoms with van der Waals surface area (Å²) in [5.41, 5.74) is 0.514. The van der Waals surface area contributed by atoms with Gasteiger partial charge in [-0.05, 0) is 29.8 Å². The van der Waals surface area contributed by atoms with Crippen molar-refractivity contribution in [1.82, 2.24) is 5.32 Å². The summed E-state index contributed by atoms with van der Waals surface area (Å²) in [4.78, 5) is 23.3. The molecule has 0 radical (unpaired) electrons. The number of amides is 1. The molecule has 1 atom stereocenters. The summed E-state index contributed by atoms with van der Waals surface area (Å²) in [5.74, 6) is -2.93. The third kappa shape index (κ3) is 4.42. The molecule has 24 heavy (non-hydrogen) atoms. The summed E-state index contributed by atoms with van der Waals surface area (Å²) in [6.45, 7) is 0. The standard InChI is InChI=1S/C15H14FNO6S/c1-24(21,22)13-7-6-12(23-13)14(18)17-11(15(19)20)8-9-2-4-10(16)5-3-9/h2-7,11H,8H2,1H3,(H,17,18)(H,19,20)/t11-/m1/s1. The van der Waals surface area contributed by atoms with Crippen LogP contribution in [0.4, 0.5) is 4.39 Å². The minimum absolute atomic E-state index is 0.0685. The van der Waals surface area contributed by atoms with Crippen molar-refractivity contribution in [2.45, 2.75) is 17.6 Å². The molecular formula is C15H14FNO6S. The van der Waals surface area contributed by atoms with Crippen LogP contribution in [0.2, 0.25) is 0 Å². The van der Waals surface area contributed by atoms with Gasteiger partial charge < -0.3 is 14.8 Å². The van der Waals surface area contributed by atoms with Gasteiger partial charge in [0.15, 0.2) is 5.76 Å². The molecular weight excluding hydrogens is 341 g/mol. The van der Waals surface area contributed by atoms with E-state index in [0.717, 1.165) is 18.4 Å². The van der Waals surface area contributed by atoms with Crippen molar-refractivity contribution >= 4 is 21.7 Å². The molecule has 0 aliphatic carbocycles. The molecule has 9 heteroatoms. The van der Waals surface area contributed by atoms with Crippen LogP contribution in [0.3, 0.4) is 0 Å². The van der Waals surface area contributed by atoms with Crippen LogP contribution in [0.5, 0.6) is 0 Å². The van der Waals surface area contributed by atoms with Crippen LogP contribution >= 0.6 is 0 Å². The molecule has 1 heterocycles. The number of carbonyl (C=O) groups excluding carboxylic acids is 1. The molecule has 0 bridgehead atoms. The summed E-state index contributed by atoms with van der Waals surface area (Å²) >= 11 is 0. The first kappa shape index (κ1) is 17.7. The highest BCUT2D eigenvalue weighted by Gasteiger charge is 2.24. The van der Waals surface area contributed by atoms with E-state index in [0.29, 0.717) is 5.56 Å². The minimum atomic E-state index is -3.61. The second kappa shape index (κ2) is 6.83. The van der Waals surface area contributed by atoms with Crippen molar-refractivity contribution in [2.24, 2.45) is 0 Å². The number of furan rings is 1.